The molecule has 0 radical (unpaired) electrons. The molecule has 3 N–H and O–H groups in total. The minimum atomic E-state index is -0.368. The van der Waals surface area contributed by atoms with E-state index >= 15 is 0 Å². The lowest BCUT2D eigenvalue weighted by Gasteiger charge is -2.21. The van der Waals surface area contributed by atoms with E-state index in [1.807, 2.05) is 7.05 Å². The second-order valence-corrected chi connectivity index (χ2v) is 5.48. The van der Waals surface area contributed by atoms with Crippen LogP contribution >= 0.6 is 0 Å². The normalized spacial score (nSPS) is 15.9. The maximum Gasteiger partial charge on any atom is 0.138 e. The number of rotatable bonds is 6. The van der Waals surface area contributed by atoms with Crippen LogP contribution in [0.5, 0.6) is 0 Å². The third kappa shape index (κ3) is 3.77. The highest BCUT2D eigenvalue weighted by atomic mass is 19.1. The van der Waals surface area contributed by atoms with Crippen molar-refractivity contribution in [2.24, 2.45) is 5.73 Å². The first-order valence-corrected chi connectivity index (χ1v) is 7.10. The molecule has 1 aliphatic rings. The minimum absolute atomic E-state index is 0.190. The monoisotopic (exact) mass is 278 g/mol. The van der Waals surface area contributed by atoms with Gasteiger partial charge < -0.3 is 15.5 Å². The quantitative estimate of drug-likeness (QED) is 0.614. The molecule has 5 heteroatoms. The molecule has 0 aliphatic carbocycles. The zero-order valence-electron chi connectivity index (χ0n) is 12.0. The maximum atomic E-state index is 14.2. The number of nitrogens with zero attached hydrogens (tertiary/aromatic N) is 2. The largest absolute Gasteiger partial charge is 0.384 e. The summed E-state index contributed by atoms with van der Waals surface area (Å²) in [6.45, 7) is 4.86. The molecule has 0 saturated carbocycles. The Morgan fingerprint density at radius 2 is 2.10 bits per heavy atom. The van der Waals surface area contributed by atoms with Crippen LogP contribution in [0, 0.1) is 11.2 Å². The molecule has 0 spiro atoms. The predicted octanol–water partition coefficient (Wildman–Crippen LogP) is 1.64. The van der Waals surface area contributed by atoms with E-state index < -0.39 is 0 Å². The van der Waals surface area contributed by atoms with Crippen molar-refractivity contribution in [3.05, 3.63) is 35.1 Å². The molecule has 0 amide bonds. The number of amidine groups is 1. The molecular weight excluding hydrogens is 255 g/mol. The fourth-order valence-corrected chi connectivity index (χ4v) is 2.60. The van der Waals surface area contributed by atoms with E-state index in [-0.39, 0.29) is 17.2 Å². The van der Waals surface area contributed by atoms with Gasteiger partial charge in [0.25, 0.3) is 0 Å². The van der Waals surface area contributed by atoms with Crippen molar-refractivity contribution in [1.82, 2.24) is 9.80 Å². The average Bonchev–Trinajstić information content (AvgIpc) is 2.91. The highest BCUT2D eigenvalue weighted by Gasteiger charge is 2.14. The number of nitrogens with two attached hydrogens (primary N) is 1. The van der Waals surface area contributed by atoms with E-state index in [1.54, 1.807) is 18.2 Å². The Labute approximate surface area is 119 Å². The molecule has 1 saturated heterocycles. The van der Waals surface area contributed by atoms with Gasteiger partial charge >= 0.3 is 0 Å². The van der Waals surface area contributed by atoms with Crippen LogP contribution in [-0.2, 0) is 6.54 Å². The summed E-state index contributed by atoms with van der Waals surface area (Å²) < 4.78 is 14.2. The number of nitrogens with one attached hydrogen (secondary N) is 1. The third-order valence-corrected chi connectivity index (χ3v) is 3.81. The second kappa shape index (κ2) is 6.81. The Morgan fingerprint density at radius 3 is 2.75 bits per heavy atom. The van der Waals surface area contributed by atoms with Gasteiger partial charge in [0.2, 0.25) is 0 Å². The summed E-state index contributed by atoms with van der Waals surface area (Å²) in [6.07, 6.45) is 2.58. The molecule has 1 aliphatic heterocycles. The summed E-state index contributed by atoms with van der Waals surface area (Å²) in [5, 5.41) is 7.37. The maximum absolute atomic E-state index is 14.2. The molecule has 4 nitrogen and oxygen atoms in total. The van der Waals surface area contributed by atoms with Crippen LogP contribution in [-0.4, -0.2) is 48.9 Å². The molecule has 0 unspecified atom stereocenters. The molecular formula is C15H23FN4. The van der Waals surface area contributed by atoms with Crippen molar-refractivity contribution >= 4 is 5.84 Å². The van der Waals surface area contributed by atoms with Crippen LogP contribution in [0.2, 0.25) is 0 Å². The average molecular weight is 278 g/mol. The molecule has 0 aromatic heterocycles. The van der Waals surface area contributed by atoms with Gasteiger partial charge in [-0.05, 0) is 39.0 Å². The first-order valence-electron chi connectivity index (χ1n) is 7.10. The molecule has 1 aromatic carbocycles. The minimum Gasteiger partial charge on any atom is -0.384 e. The summed E-state index contributed by atoms with van der Waals surface area (Å²) in [4.78, 5) is 4.56. The van der Waals surface area contributed by atoms with Gasteiger partial charge in [-0.2, -0.15) is 0 Å². The number of hydrogen-bond acceptors (Lipinski definition) is 3. The van der Waals surface area contributed by atoms with E-state index in [9.17, 15) is 4.39 Å². The first-order chi connectivity index (χ1) is 9.58. The fraction of sp³-hybridized carbons (Fsp3) is 0.533. The van der Waals surface area contributed by atoms with Gasteiger partial charge in [0, 0.05) is 25.2 Å². The molecule has 0 atom stereocenters. The van der Waals surface area contributed by atoms with Crippen molar-refractivity contribution in [1.29, 1.82) is 5.41 Å². The van der Waals surface area contributed by atoms with Gasteiger partial charge in [0.05, 0.1) is 5.56 Å². The van der Waals surface area contributed by atoms with E-state index in [0.29, 0.717) is 12.1 Å². The molecule has 1 heterocycles. The number of hydrogen-bond donors (Lipinski definition) is 2. The lowest BCUT2D eigenvalue weighted by Crippen LogP contribution is -2.31. The van der Waals surface area contributed by atoms with Gasteiger partial charge in [-0.15, -0.1) is 0 Å². The van der Waals surface area contributed by atoms with Crippen molar-refractivity contribution in [2.45, 2.75) is 19.4 Å². The van der Waals surface area contributed by atoms with Crippen LogP contribution in [0.25, 0.3) is 0 Å². The highest BCUT2D eigenvalue weighted by Crippen LogP contribution is 2.14. The van der Waals surface area contributed by atoms with Crippen molar-refractivity contribution in [3.63, 3.8) is 0 Å². The smallest absolute Gasteiger partial charge is 0.138 e. The van der Waals surface area contributed by atoms with Gasteiger partial charge in [0.15, 0.2) is 0 Å². The lowest BCUT2D eigenvalue weighted by atomic mass is 10.1. The summed E-state index contributed by atoms with van der Waals surface area (Å²) in [7, 11) is 2.00. The van der Waals surface area contributed by atoms with Gasteiger partial charge in [-0.3, -0.25) is 5.41 Å². The Balaban J connectivity index is 1.91. The van der Waals surface area contributed by atoms with Crippen LogP contribution in [0.15, 0.2) is 18.2 Å². The molecule has 20 heavy (non-hydrogen) atoms. The van der Waals surface area contributed by atoms with Gasteiger partial charge in [-0.1, -0.05) is 12.1 Å². The van der Waals surface area contributed by atoms with E-state index in [2.05, 4.69) is 9.80 Å². The molecule has 0 bridgehead atoms. The summed E-state index contributed by atoms with van der Waals surface area (Å²) >= 11 is 0. The summed E-state index contributed by atoms with van der Waals surface area (Å²) in [5.41, 5.74) is 6.17. The zero-order chi connectivity index (χ0) is 14.5. The number of nitrogen functional groups attached to an aromatic ring is 1. The second-order valence-electron chi connectivity index (χ2n) is 5.48. The predicted molar refractivity (Wildman–Crippen MR) is 79.4 cm³/mol. The molecule has 1 aromatic rings. The fourth-order valence-electron chi connectivity index (χ4n) is 2.60. The highest BCUT2D eigenvalue weighted by molar-refractivity contribution is 5.95. The van der Waals surface area contributed by atoms with E-state index in [4.69, 9.17) is 11.1 Å². The van der Waals surface area contributed by atoms with Gasteiger partial charge in [0.1, 0.15) is 11.7 Å². The Morgan fingerprint density at radius 1 is 1.40 bits per heavy atom. The topological polar surface area (TPSA) is 56.4 Å². The van der Waals surface area contributed by atoms with Crippen molar-refractivity contribution in [2.75, 3.05) is 33.2 Å². The zero-order valence-corrected chi connectivity index (χ0v) is 12.0. The Hall–Kier alpha value is -1.46. The Kier molecular flexibility index (Phi) is 5.09. The first kappa shape index (κ1) is 14.9. The van der Waals surface area contributed by atoms with Crippen LogP contribution in [0.1, 0.15) is 24.0 Å². The number of halogens is 1. The molecule has 110 valence electrons. The van der Waals surface area contributed by atoms with Crippen molar-refractivity contribution in [3.8, 4) is 0 Å². The Bertz CT molecular complexity index is 469. The number of likely N-dealkylation sites (tertiary alicyclic amines) is 1. The molecule has 1 fully saturated rings. The SMILES string of the molecule is CN(CCN1CCCC1)Cc1cccc(C(=N)N)c1F. The number of benzene rings is 1. The lowest BCUT2D eigenvalue weighted by molar-refractivity contribution is 0.250. The third-order valence-electron chi connectivity index (χ3n) is 3.81. The summed E-state index contributed by atoms with van der Waals surface area (Å²) in [5.74, 6) is -0.586. The van der Waals surface area contributed by atoms with Gasteiger partial charge in [-0.25, -0.2) is 4.39 Å². The van der Waals surface area contributed by atoms with Crippen LogP contribution in [0.4, 0.5) is 4.39 Å². The summed E-state index contributed by atoms with van der Waals surface area (Å²) in [6, 6.07) is 5.06. The van der Waals surface area contributed by atoms with Crippen molar-refractivity contribution < 1.29 is 4.39 Å². The van der Waals surface area contributed by atoms with Crippen LogP contribution < -0.4 is 5.73 Å². The van der Waals surface area contributed by atoms with Crippen LogP contribution in [0.3, 0.4) is 0 Å². The van der Waals surface area contributed by atoms with E-state index in [0.717, 1.165) is 13.1 Å². The molecule has 2 rings (SSSR count). The number of likely N-dealkylation sites (N-methyl/N-ethyl adjacent to an activating group) is 1. The standard InChI is InChI=1S/C15H23FN4/c1-19(9-10-20-7-2-3-8-20)11-12-5-4-6-13(14(12)16)15(17)18/h4-6H,2-3,7-11H2,1H3,(H3,17,18). The van der Waals surface area contributed by atoms with E-state index in [1.165, 1.54) is 25.9 Å².